The van der Waals surface area contributed by atoms with E-state index in [1.54, 1.807) is 0 Å². The molecule has 0 radical (unpaired) electrons. The van der Waals surface area contributed by atoms with Crippen molar-refractivity contribution in [3.05, 3.63) is 22.2 Å². The average Bonchev–Trinajstić information content (AvgIpc) is 2.87. The maximum Gasteiger partial charge on any atom is 0.130 e. The Morgan fingerprint density at radius 2 is 2.08 bits per heavy atom. The highest BCUT2D eigenvalue weighted by Gasteiger charge is 2.23. The Kier molecular flexibility index (Phi) is 6.69. The van der Waals surface area contributed by atoms with E-state index < -0.39 is 0 Å². The Morgan fingerprint density at radius 3 is 2.58 bits per heavy atom. The van der Waals surface area contributed by atoms with Crippen LogP contribution in [0.3, 0.4) is 0 Å². The van der Waals surface area contributed by atoms with Crippen LogP contribution in [-0.4, -0.2) is 4.98 Å². The molecule has 1 unspecified atom stereocenters. The Balaban J connectivity index is 0.000000298. The van der Waals surface area contributed by atoms with E-state index in [1.807, 2.05) is 0 Å². The third-order valence-electron chi connectivity index (χ3n) is 5.17. The lowest BCUT2D eigenvalue weighted by Gasteiger charge is -2.26. The molecule has 0 aliphatic heterocycles. The summed E-state index contributed by atoms with van der Waals surface area (Å²) in [7, 11) is 0. The number of fused-ring (bicyclic) bond motifs is 2. The van der Waals surface area contributed by atoms with Gasteiger partial charge in [-0.3, -0.25) is 0 Å². The Labute approximate surface area is 162 Å². The maximum absolute atomic E-state index is 9.05. The van der Waals surface area contributed by atoms with E-state index in [0.717, 1.165) is 29.0 Å². The number of rotatable bonds is 2. The first-order valence-electron chi connectivity index (χ1n) is 9.77. The largest absolute Gasteiger partial charge is 0.396 e. The van der Waals surface area contributed by atoms with Gasteiger partial charge in [-0.1, -0.05) is 48.0 Å². The van der Waals surface area contributed by atoms with Crippen molar-refractivity contribution in [3.8, 4) is 6.07 Å². The van der Waals surface area contributed by atoms with E-state index in [2.05, 4.69) is 53.7 Å². The molecule has 0 amide bonds. The van der Waals surface area contributed by atoms with Gasteiger partial charge in [-0.25, -0.2) is 4.98 Å². The summed E-state index contributed by atoms with van der Waals surface area (Å²) in [6.07, 6.45) is 6.01. The normalized spacial score (nSPS) is 16.8. The second-order valence-electron chi connectivity index (χ2n) is 8.96. The van der Waals surface area contributed by atoms with Crippen LogP contribution in [0.1, 0.15) is 76.9 Å². The SMILES string of the molecule is CC(C)C1CCc2nc3sc(C#N)c(N)c3cc2C1.CCCC(C)(C)C. The number of nitriles is 1. The zero-order chi connectivity index (χ0) is 19.5. The molecule has 2 N–H and O–H groups in total. The van der Waals surface area contributed by atoms with Gasteiger partial charge in [-0.15, -0.1) is 11.3 Å². The molecule has 3 nitrogen and oxygen atoms in total. The van der Waals surface area contributed by atoms with Crippen molar-refractivity contribution in [1.29, 1.82) is 5.26 Å². The second kappa shape index (κ2) is 8.39. The molecular formula is C22H33N3S. The second-order valence-corrected chi connectivity index (χ2v) is 9.96. The van der Waals surface area contributed by atoms with Crippen molar-refractivity contribution in [1.82, 2.24) is 4.98 Å². The lowest BCUT2D eigenvalue weighted by molar-refractivity contribution is 0.341. The number of pyridine rings is 1. The topological polar surface area (TPSA) is 62.7 Å². The summed E-state index contributed by atoms with van der Waals surface area (Å²) in [6.45, 7) is 13.6. The molecule has 1 aliphatic carbocycles. The molecular weight excluding hydrogens is 338 g/mol. The van der Waals surface area contributed by atoms with Gasteiger partial charge in [-0.05, 0) is 54.6 Å². The molecule has 1 aliphatic rings. The zero-order valence-electron chi connectivity index (χ0n) is 17.1. The van der Waals surface area contributed by atoms with Crippen LogP contribution in [0, 0.1) is 28.6 Å². The summed E-state index contributed by atoms with van der Waals surface area (Å²) in [6, 6.07) is 4.32. The summed E-state index contributed by atoms with van der Waals surface area (Å²) in [5, 5.41) is 10.0. The van der Waals surface area contributed by atoms with Gasteiger partial charge in [0.2, 0.25) is 0 Å². The minimum Gasteiger partial charge on any atom is -0.396 e. The quantitative estimate of drug-likeness (QED) is 0.669. The van der Waals surface area contributed by atoms with Crippen LogP contribution in [0.2, 0.25) is 0 Å². The van der Waals surface area contributed by atoms with E-state index in [4.69, 9.17) is 16.0 Å². The molecule has 0 fully saturated rings. The molecule has 0 spiro atoms. The van der Waals surface area contributed by atoms with Gasteiger partial charge in [0.15, 0.2) is 0 Å². The Hall–Kier alpha value is -1.60. The number of nitrogen functional groups attached to an aromatic ring is 1. The number of aryl methyl sites for hydroxylation is 1. The minimum atomic E-state index is 0.550. The molecule has 0 aromatic carbocycles. The van der Waals surface area contributed by atoms with Crippen molar-refractivity contribution in [3.63, 3.8) is 0 Å². The molecule has 2 aromatic rings. The van der Waals surface area contributed by atoms with Crippen LogP contribution < -0.4 is 5.73 Å². The van der Waals surface area contributed by atoms with E-state index in [0.29, 0.717) is 21.9 Å². The van der Waals surface area contributed by atoms with Crippen molar-refractivity contribution < 1.29 is 0 Å². The average molecular weight is 372 g/mol. The number of anilines is 1. The zero-order valence-corrected chi connectivity index (χ0v) is 18.0. The van der Waals surface area contributed by atoms with Crippen molar-refractivity contribution in [2.24, 2.45) is 17.3 Å². The highest BCUT2D eigenvalue weighted by atomic mass is 32.1. The van der Waals surface area contributed by atoms with E-state index in [1.165, 1.54) is 41.9 Å². The fourth-order valence-corrected chi connectivity index (χ4v) is 4.51. The lowest BCUT2D eigenvalue weighted by Crippen LogP contribution is -2.19. The van der Waals surface area contributed by atoms with Crippen LogP contribution in [0.15, 0.2) is 6.07 Å². The Morgan fingerprint density at radius 1 is 1.38 bits per heavy atom. The fraction of sp³-hybridized carbons (Fsp3) is 0.636. The molecule has 3 rings (SSSR count). The molecule has 1 atom stereocenters. The monoisotopic (exact) mass is 371 g/mol. The van der Waals surface area contributed by atoms with Gasteiger partial charge < -0.3 is 5.73 Å². The molecule has 26 heavy (non-hydrogen) atoms. The minimum absolute atomic E-state index is 0.550. The highest BCUT2D eigenvalue weighted by molar-refractivity contribution is 7.19. The number of hydrogen-bond acceptors (Lipinski definition) is 4. The molecule has 0 bridgehead atoms. The third kappa shape index (κ3) is 4.98. The maximum atomic E-state index is 9.05. The first kappa shape index (κ1) is 20.7. The van der Waals surface area contributed by atoms with Crippen LogP contribution in [0.4, 0.5) is 5.69 Å². The molecule has 4 heteroatoms. The summed E-state index contributed by atoms with van der Waals surface area (Å²) >= 11 is 1.41. The molecule has 0 saturated heterocycles. The van der Waals surface area contributed by atoms with Gasteiger partial charge in [0.25, 0.3) is 0 Å². The van der Waals surface area contributed by atoms with Gasteiger partial charge >= 0.3 is 0 Å². The smallest absolute Gasteiger partial charge is 0.130 e. The van der Waals surface area contributed by atoms with Crippen LogP contribution in [0.5, 0.6) is 0 Å². The van der Waals surface area contributed by atoms with Crippen LogP contribution in [-0.2, 0) is 12.8 Å². The van der Waals surface area contributed by atoms with Gasteiger partial charge in [0, 0.05) is 11.1 Å². The molecule has 2 aromatic heterocycles. The lowest BCUT2D eigenvalue weighted by atomic mass is 9.80. The Bertz CT molecular complexity index is 790. The van der Waals surface area contributed by atoms with Crippen LogP contribution in [0.25, 0.3) is 10.2 Å². The number of hydrogen-bond donors (Lipinski definition) is 1. The number of nitrogens with zero attached hydrogens (tertiary/aromatic N) is 2. The fourth-order valence-electron chi connectivity index (χ4n) is 3.62. The summed E-state index contributed by atoms with van der Waals surface area (Å²) in [5.74, 6) is 1.44. The summed E-state index contributed by atoms with van der Waals surface area (Å²) in [5.41, 5.74) is 9.71. The molecule has 0 saturated carbocycles. The van der Waals surface area contributed by atoms with Gasteiger partial charge in [0.05, 0.1) is 5.69 Å². The van der Waals surface area contributed by atoms with Crippen molar-refractivity contribution in [2.45, 2.75) is 73.6 Å². The number of aromatic nitrogens is 1. The predicted molar refractivity (Wildman–Crippen MR) is 113 cm³/mol. The van der Waals surface area contributed by atoms with E-state index >= 15 is 0 Å². The predicted octanol–water partition coefficient (Wildman–Crippen LogP) is 6.34. The molecule has 2 heterocycles. The highest BCUT2D eigenvalue weighted by Crippen LogP contribution is 2.36. The summed E-state index contributed by atoms with van der Waals surface area (Å²) < 4.78 is 0. The number of nitrogens with two attached hydrogens (primary N) is 1. The van der Waals surface area contributed by atoms with E-state index in [9.17, 15) is 0 Å². The van der Waals surface area contributed by atoms with Crippen molar-refractivity contribution >= 4 is 27.2 Å². The number of thiophene rings is 1. The van der Waals surface area contributed by atoms with Gasteiger partial charge in [0.1, 0.15) is 15.8 Å². The molecule has 142 valence electrons. The van der Waals surface area contributed by atoms with Crippen molar-refractivity contribution in [2.75, 3.05) is 5.73 Å². The first-order valence-corrected chi connectivity index (χ1v) is 10.6. The van der Waals surface area contributed by atoms with E-state index in [-0.39, 0.29) is 0 Å². The van der Waals surface area contributed by atoms with Gasteiger partial charge in [-0.2, -0.15) is 5.26 Å². The van der Waals surface area contributed by atoms with Crippen LogP contribution >= 0.6 is 11.3 Å². The standard InChI is InChI=1S/C15H17N3S.C7H16/c1-8(2)9-3-4-12-10(5-9)6-11-14(17)13(7-16)19-15(11)18-12;1-5-6-7(2,3)4/h6,8-9H,3-5,17H2,1-2H3;5-6H2,1-4H3. The first-order chi connectivity index (χ1) is 12.2. The summed E-state index contributed by atoms with van der Waals surface area (Å²) in [4.78, 5) is 6.23. The third-order valence-corrected chi connectivity index (χ3v) is 6.19.